The van der Waals surface area contributed by atoms with E-state index >= 15 is 0 Å². The van der Waals surface area contributed by atoms with Gasteiger partial charge in [0.1, 0.15) is 0 Å². The Kier molecular flexibility index (Phi) is 3.29. The van der Waals surface area contributed by atoms with Crippen LogP contribution < -0.4 is 0 Å². The van der Waals surface area contributed by atoms with E-state index in [9.17, 15) is 22.0 Å². The molecule has 98 valence electrons. The van der Waals surface area contributed by atoms with Crippen molar-refractivity contribution >= 4 is 15.7 Å². The topological polar surface area (TPSA) is 67.3 Å². The van der Waals surface area contributed by atoms with Crippen molar-refractivity contribution in [2.75, 3.05) is 24.6 Å². The molecule has 8 heteroatoms. The first kappa shape index (κ1) is 12.9. The van der Waals surface area contributed by atoms with E-state index in [0.29, 0.717) is 0 Å². The van der Waals surface area contributed by atoms with Crippen molar-refractivity contribution in [1.82, 2.24) is 9.88 Å². The molecular weight excluding hydrogens is 266 g/mol. The molecule has 0 saturated carbocycles. The zero-order valence-corrected chi connectivity index (χ0v) is 10.1. The van der Waals surface area contributed by atoms with Gasteiger partial charge in [0.05, 0.1) is 17.1 Å². The summed E-state index contributed by atoms with van der Waals surface area (Å²) in [6.07, 6.45) is 0.992. The molecule has 1 aliphatic rings. The first-order valence-corrected chi connectivity index (χ1v) is 7.02. The largest absolute Gasteiger partial charge is 0.337 e. The van der Waals surface area contributed by atoms with Gasteiger partial charge in [-0.3, -0.25) is 4.79 Å². The average molecular weight is 276 g/mol. The van der Waals surface area contributed by atoms with E-state index < -0.39 is 33.1 Å². The Morgan fingerprint density at radius 2 is 1.89 bits per heavy atom. The highest BCUT2D eigenvalue weighted by Crippen LogP contribution is 2.14. The monoisotopic (exact) mass is 276 g/mol. The fourth-order valence-electron chi connectivity index (χ4n) is 1.67. The smallest absolute Gasteiger partial charge is 0.257 e. The fraction of sp³-hybridized carbons (Fsp3) is 0.400. The summed E-state index contributed by atoms with van der Waals surface area (Å²) >= 11 is 0. The molecule has 1 aromatic rings. The summed E-state index contributed by atoms with van der Waals surface area (Å²) in [6, 6.07) is 1.07. The lowest BCUT2D eigenvalue weighted by atomic mass is 10.2. The Balaban J connectivity index is 2.20. The van der Waals surface area contributed by atoms with Gasteiger partial charge in [0.15, 0.2) is 15.7 Å². The van der Waals surface area contributed by atoms with E-state index in [4.69, 9.17) is 0 Å². The van der Waals surface area contributed by atoms with E-state index in [0.717, 1.165) is 12.3 Å². The van der Waals surface area contributed by atoms with Gasteiger partial charge in [0.2, 0.25) is 5.95 Å². The van der Waals surface area contributed by atoms with Crippen molar-refractivity contribution in [2.45, 2.75) is 0 Å². The summed E-state index contributed by atoms with van der Waals surface area (Å²) in [7, 11) is -3.12. The lowest BCUT2D eigenvalue weighted by Crippen LogP contribution is -2.44. The summed E-state index contributed by atoms with van der Waals surface area (Å²) in [5.41, 5.74) is -0.429. The molecule has 2 heterocycles. The number of halogens is 2. The molecule has 1 amide bonds. The number of carbonyl (C=O) groups excluding carboxylic acids is 1. The maximum atomic E-state index is 13.4. The van der Waals surface area contributed by atoms with Crippen LogP contribution in [0.2, 0.25) is 0 Å². The number of rotatable bonds is 1. The molecule has 0 aliphatic carbocycles. The zero-order valence-electron chi connectivity index (χ0n) is 9.27. The van der Waals surface area contributed by atoms with Gasteiger partial charge in [-0.15, -0.1) is 0 Å². The second kappa shape index (κ2) is 4.60. The van der Waals surface area contributed by atoms with Crippen LogP contribution in [0.5, 0.6) is 0 Å². The van der Waals surface area contributed by atoms with Gasteiger partial charge in [-0.2, -0.15) is 4.39 Å². The van der Waals surface area contributed by atoms with Crippen LogP contribution in [0.4, 0.5) is 8.78 Å². The number of sulfone groups is 1. The SMILES string of the molecule is O=C(c1ccnc(F)c1F)N1CCS(=O)(=O)CC1. The number of hydrogen-bond acceptors (Lipinski definition) is 4. The number of nitrogens with zero attached hydrogens (tertiary/aromatic N) is 2. The molecule has 0 radical (unpaired) electrons. The van der Waals surface area contributed by atoms with Crippen molar-refractivity contribution in [3.05, 3.63) is 29.6 Å². The van der Waals surface area contributed by atoms with Crippen molar-refractivity contribution in [2.24, 2.45) is 0 Å². The van der Waals surface area contributed by atoms with Gasteiger partial charge in [-0.1, -0.05) is 0 Å². The van der Waals surface area contributed by atoms with Crippen LogP contribution in [0.15, 0.2) is 12.3 Å². The lowest BCUT2D eigenvalue weighted by molar-refractivity contribution is 0.0764. The average Bonchev–Trinajstić information content (AvgIpc) is 2.32. The maximum absolute atomic E-state index is 13.4. The number of amides is 1. The summed E-state index contributed by atoms with van der Waals surface area (Å²) in [4.78, 5) is 16.2. The summed E-state index contributed by atoms with van der Waals surface area (Å²) in [5.74, 6) is -3.69. The van der Waals surface area contributed by atoms with E-state index in [1.54, 1.807) is 0 Å². The lowest BCUT2D eigenvalue weighted by Gasteiger charge is -2.26. The second-order valence-corrected chi connectivity index (χ2v) is 6.21. The minimum atomic E-state index is -3.12. The highest BCUT2D eigenvalue weighted by atomic mass is 32.2. The fourth-order valence-corrected chi connectivity index (χ4v) is 2.87. The van der Waals surface area contributed by atoms with Gasteiger partial charge in [-0.25, -0.2) is 17.8 Å². The Morgan fingerprint density at radius 3 is 2.50 bits per heavy atom. The summed E-state index contributed by atoms with van der Waals surface area (Å²) in [6.45, 7) is -0.0188. The Bertz CT molecular complexity index is 575. The van der Waals surface area contributed by atoms with Crippen molar-refractivity contribution in [3.8, 4) is 0 Å². The highest BCUT2D eigenvalue weighted by Gasteiger charge is 2.28. The van der Waals surface area contributed by atoms with Gasteiger partial charge in [0, 0.05) is 19.3 Å². The molecule has 0 atom stereocenters. The van der Waals surface area contributed by atoms with Crippen molar-refractivity contribution < 1.29 is 22.0 Å². The van der Waals surface area contributed by atoms with Crippen LogP contribution in [0.25, 0.3) is 0 Å². The Labute approximate surface area is 102 Å². The van der Waals surface area contributed by atoms with Crippen molar-refractivity contribution in [1.29, 1.82) is 0 Å². The standard InChI is InChI=1S/C10H10F2N2O3S/c11-8-7(1-2-13-9(8)12)10(15)14-3-5-18(16,17)6-4-14/h1-2H,3-6H2. The number of carbonyl (C=O) groups is 1. The van der Waals surface area contributed by atoms with Gasteiger partial charge >= 0.3 is 0 Å². The van der Waals surface area contributed by atoms with Crippen LogP contribution in [-0.2, 0) is 9.84 Å². The van der Waals surface area contributed by atoms with E-state index in [1.165, 1.54) is 4.90 Å². The molecule has 2 rings (SSSR count). The molecule has 0 aromatic carbocycles. The predicted molar refractivity (Wildman–Crippen MR) is 58.7 cm³/mol. The van der Waals surface area contributed by atoms with Gasteiger partial charge in [-0.05, 0) is 6.07 Å². The molecule has 18 heavy (non-hydrogen) atoms. The second-order valence-electron chi connectivity index (χ2n) is 3.91. The van der Waals surface area contributed by atoms with Crippen LogP contribution in [0.3, 0.4) is 0 Å². The van der Waals surface area contributed by atoms with E-state index in [1.807, 2.05) is 0 Å². The van der Waals surface area contributed by atoms with Gasteiger partial charge in [0.25, 0.3) is 5.91 Å². The molecule has 1 aliphatic heterocycles. The highest BCUT2D eigenvalue weighted by molar-refractivity contribution is 7.91. The minimum Gasteiger partial charge on any atom is -0.337 e. The first-order chi connectivity index (χ1) is 8.41. The van der Waals surface area contributed by atoms with Crippen LogP contribution >= 0.6 is 0 Å². The zero-order chi connectivity index (χ0) is 13.3. The van der Waals surface area contributed by atoms with Crippen LogP contribution in [-0.4, -0.2) is 48.8 Å². The molecule has 1 saturated heterocycles. The van der Waals surface area contributed by atoms with Crippen LogP contribution in [0, 0.1) is 11.8 Å². The summed E-state index contributed by atoms with van der Waals surface area (Å²) in [5, 5.41) is 0. The Hall–Kier alpha value is -1.57. The third-order valence-electron chi connectivity index (χ3n) is 2.71. The summed E-state index contributed by atoms with van der Waals surface area (Å²) < 4.78 is 48.6. The third-order valence-corrected chi connectivity index (χ3v) is 4.32. The number of hydrogen-bond donors (Lipinski definition) is 0. The van der Waals surface area contributed by atoms with E-state index in [-0.39, 0.29) is 24.6 Å². The molecule has 1 aromatic heterocycles. The first-order valence-electron chi connectivity index (χ1n) is 5.20. The minimum absolute atomic E-state index is 0.00938. The molecule has 1 fully saturated rings. The third kappa shape index (κ3) is 2.47. The molecule has 0 bridgehead atoms. The molecule has 0 N–H and O–H groups in total. The molecule has 0 unspecified atom stereocenters. The Morgan fingerprint density at radius 1 is 1.28 bits per heavy atom. The number of pyridine rings is 1. The molecular formula is C10H10F2N2O3S. The molecule has 5 nitrogen and oxygen atoms in total. The number of aromatic nitrogens is 1. The molecule has 0 spiro atoms. The normalized spacial score (nSPS) is 18.7. The quantitative estimate of drug-likeness (QED) is 0.689. The van der Waals surface area contributed by atoms with Gasteiger partial charge < -0.3 is 4.90 Å². The van der Waals surface area contributed by atoms with Crippen molar-refractivity contribution in [3.63, 3.8) is 0 Å². The van der Waals surface area contributed by atoms with Crippen LogP contribution in [0.1, 0.15) is 10.4 Å². The van der Waals surface area contributed by atoms with E-state index in [2.05, 4.69) is 4.98 Å². The predicted octanol–water partition coefficient (Wildman–Crippen LogP) is 0.230. The maximum Gasteiger partial charge on any atom is 0.257 e.